The van der Waals surface area contributed by atoms with Gasteiger partial charge in [-0.15, -0.1) is 9.42 Å². The fraction of sp³-hybridized carbons (Fsp3) is 0.500. The second kappa shape index (κ2) is 6.67. The Labute approximate surface area is 115 Å². The average Bonchev–Trinajstić information content (AvgIpc) is 2.82. The smallest absolute Gasteiger partial charge is 0.382 e. The van der Waals surface area contributed by atoms with Crippen molar-refractivity contribution in [1.29, 1.82) is 0 Å². The Bertz CT molecular complexity index is 604. The Morgan fingerprint density at radius 1 is 1.50 bits per heavy atom. The number of imidazole rings is 1. The molecule has 0 aliphatic heterocycles. The number of ether oxygens (including phenoxy) is 1. The zero-order valence-corrected chi connectivity index (χ0v) is 11.7. The lowest BCUT2D eigenvalue weighted by atomic mass is 10.3. The van der Waals surface area contributed by atoms with Crippen molar-refractivity contribution in [3.05, 3.63) is 12.7 Å². The van der Waals surface area contributed by atoms with Crippen LogP contribution in [-0.4, -0.2) is 37.1 Å². The highest BCUT2D eigenvalue weighted by Crippen LogP contribution is 2.20. The van der Waals surface area contributed by atoms with Crippen LogP contribution in [0.1, 0.15) is 13.3 Å². The van der Waals surface area contributed by atoms with Crippen molar-refractivity contribution < 1.29 is 18.7 Å². The molecule has 0 aliphatic rings. The second-order valence-corrected chi connectivity index (χ2v) is 4.71. The number of rotatable bonds is 7. The maximum absolute atomic E-state index is 10.6. The molecule has 2 aromatic rings. The van der Waals surface area contributed by atoms with Crippen molar-refractivity contribution in [2.45, 2.75) is 26.2 Å². The number of anilines is 1. The molecule has 0 fully saturated rings. The largest absolute Gasteiger partial charge is 0.695 e. The Hall–Kier alpha value is -1.67. The number of hydrogen-bond donors (Lipinski definition) is 2. The molecule has 0 saturated heterocycles. The minimum Gasteiger partial charge on any atom is -0.382 e. The third-order valence-electron chi connectivity index (χ3n) is 2.66. The Kier molecular flexibility index (Phi) is 4.91. The van der Waals surface area contributed by atoms with Crippen LogP contribution >= 0.6 is 8.25 Å². The minimum atomic E-state index is -2.63. The normalized spacial score (nSPS) is 13.6. The molecule has 0 aliphatic carbocycles. The molecule has 2 rings (SSSR count). The van der Waals surface area contributed by atoms with Gasteiger partial charge < -0.3 is 10.5 Å². The summed E-state index contributed by atoms with van der Waals surface area (Å²) in [6, 6.07) is 0. The van der Waals surface area contributed by atoms with Crippen LogP contribution < -0.4 is 5.73 Å². The number of fused-ring (bicyclic) bond motifs is 1. The number of nitrogens with zero attached hydrogens (tertiary/aromatic N) is 4. The maximum atomic E-state index is 10.6. The van der Waals surface area contributed by atoms with Gasteiger partial charge in [-0.25, -0.2) is 15.0 Å². The van der Waals surface area contributed by atoms with Crippen LogP contribution in [0.3, 0.4) is 0 Å². The third-order valence-corrected chi connectivity index (χ3v) is 3.14. The summed E-state index contributed by atoms with van der Waals surface area (Å²) in [6.07, 6.45) is 3.04. The fourth-order valence-electron chi connectivity index (χ4n) is 1.63. The molecule has 0 aromatic carbocycles. The highest BCUT2D eigenvalue weighted by Gasteiger charge is 2.21. The van der Waals surface area contributed by atoms with Gasteiger partial charge in [-0.1, -0.05) is 6.92 Å². The maximum Gasteiger partial charge on any atom is 0.695 e. The average molecular weight is 300 g/mol. The molecule has 108 valence electrons. The predicted octanol–water partition coefficient (Wildman–Crippen LogP) is 0.827. The lowest BCUT2D eigenvalue weighted by Gasteiger charge is -2.09. The van der Waals surface area contributed by atoms with Crippen molar-refractivity contribution in [1.82, 2.24) is 19.5 Å². The van der Waals surface area contributed by atoms with Crippen LogP contribution in [0.4, 0.5) is 5.82 Å². The Morgan fingerprint density at radius 3 is 3.00 bits per heavy atom. The summed E-state index contributed by atoms with van der Waals surface area (Å²) in [6.45, 7) is 2.22. The predicted molar refractivity (Wildman–Crippen MR) is 70.7 cm³/mol. The molecule has 2 atom stereocenters. The summed E-state index contributed by atoms with van der Waals surface area (Å²) in [5.74, 6) is 0.306. The van der Waals surface area contributed by atoms with E-state index < -0.39 is 14.4 Å². The highest BCUT2D eigenvalue weighted by atomic mass is 31.1. The van der Waals surface area contributed by atoms with E-state index in [1.54, 1.807) is 10.9 Å². The molecular weight excluding hydrogens is 285 g/mol. The van der Waals surface area contributed by atoms with Gasteiger partial charge in [-0.3, -0.25) is 4.57 Å². The zero-order valence-electron chi connectivity index (χ0n) is 10.8. The van der Waals surface area contributed by atoms with Gasteiger partial charge in [0.25, 0.3) is 0 Å². The Morgan fingerprint density at radius 2 is 2.30 bits per heavy atom. The summed E-state index contributed by atoms with van der Waals surface area (Å²) < 4.78 is 22.5. The standard InChI is InChI=1S/C10H14N5O4P/c1-2-7(19-20(16)17)3-18-6-15-5-14-8-9(11)12-4-13-10(8)15/h4-5,7H,2-3,6H2,1H3,(H2-,11,12,13,16,17)/p+1. The lowest BCUT2D eigenvalue weighted by molar-refractivity contribution is 0.0146. The van der Waals surface area contributed by atoms with Gasteiger partial charge >= 0.3 is 8.25 Å². The quantitative estimate of drug-likeness (QED) is 0.720. The summed E-state index contributed by atoms with van der Waals surface area (Å²) in [7, 11) is -2.63. The molecule has 2 heterocycles. The minimum absolute atomic E-state index is 0.190. The molecule has 0 radical (unpaired) electrons. The molecule has 3 N–H and O–H groups in total. The van der Waals surface area contributed by atoms with Crippen LogP contribution in [0.2, 0.25) is 0 Å². The molecule has 0 amide bonds. The van der Waals surface area contributed by atoms with Gasteiger partial charge in [0.05, 0.1) is 12.9 Å². The molecule has 9 nitrogen and oxygen atoms in total. The fourth-order valence-corrected chi connectivity index (χ4v) is 2.09. The SMILES string of the molecule is CCC(COCn1cnc2c(N)ncnc21)O[P+](=O)O. The first-order valence-electron chi connectivity index (χ1n) is 5.93. The van der Waals surface area contributed by atoms with E-state index in [9.17, 15) is 4.57 Å². The molecule has 0 saturated carbocycles. The van der Waals surface area contributed by atoms with Gasteiger partial charge in [0.15, 0.2) is 11.5 Å². The molecule has 2 aromatic heterocycles. The first-order chi connectivity index (χ1) is 9.61. The van der Waals surface area contributed by atoms with E-state index in [2.05, 4.69) is 15.0 Å². The first kappa shape index (κ1) is 14.7. The van der Waals surface area contributed by atoms with Crippen molar-refractivity contribution in [3.8, 4) is 0 Å². The third kappa shape index (κ3) is 3.45. The Balaban J connectivity index is 1.96. The van der Waals surface area contributed by atoms with Crippen LogP contribution in [0, 0.1) is 0 Å². The van der Waals surface area contributed by atoms with E-state index in [0.29, 0.717) is 23.4 Å². The van der Waals surface area contributed by atoms with Gasteiger partial charge in [0.2, 0.25) is 0 Å². The molecule has 0 spiro atoms. The summed E-state index contributed by atoms with van der Waals surface area (Å²) in [5.41, 5.74) is 6.76. The molecule has 10 heteroatoms. The number of nitrogens with two attached hydrogens (primary N) is 1. The monoisotopic (exact) mass is 300 g/mol. The van der Waals surface area contributed by atoms with Gasteiger partial charge in [0.1, 0.15) is 24.7 Å². The van der Waals surface area contributed by atoms with Crippen molar-refractivity contribution in [3.63, 3.8) is 0 Å². The van der Waals surface area contributed by atoms with Gasteiger partial charge in [-0.05, 0) is 6.42 Å². The van der Waals surface area contributed by atoms with E-state index in [4.69, 9.17) is 19.9 Å². The molecular formula is C10H15N5O4P+. The van der Waals surface area contributed by atoms with E-state index in [1.807, 2.05) is 6.92 Å². The summed E-state index contributed by atoms with van der Waals surface area (Å²) >= 11 is 0. The van der Waals surface area contributed by atoms with Crippen molar-refractivity contribution in [2.24, 2.45) is 0 Å². The molecule has 20 heavy (non-hydrogen) atoms. The number of nitrogen functional groups attached to an aromatic ring is 1. The number of hydrogen-bond acceptors (Lipinski definition) is 7. The topological polar surface area (TPSA) is 125 Å². The van der Waals surface area contributed by atoms with E-state index in [-0.39, 0.29) is 13.3 Å². The number of aromatic nitrogens is 4. The van der Waals surface area contributed by atoms with Crippen LogP contribution in [0.25, 0.3) is 11.2 Å². The second-order valence-electron chi connectivity index (χ2n) is 4.02. The molecule has 0 bridgehead atoms. The van der Waals surface area contributed by atoms with E-state index in [0.717, 1.165) is 0 Å². The van der Waals surface area contributed by atoms with E-state index >= 15 is 0 Å². The van der Waals surface area contributed by atoms with E-state index in [1.165, 1.54) is 6.33 Å². The highest BCUT2D eigenvalue weighted by molar-refractivity contribution is 7.32. The summed E-state index contributed by atoms with van der Waals surface area (Å²) in [5, 5.41) is 0. The van der Waals surface area contributed by atoms with Crippen molar-refractivity contribution >= 4 is 25.2 Å². The van der Waals surface area contributed by atoms with Gasteiger partial charge in [-0.2, -0.15) is 0 Å². The van der Waals surface area contributed by atoms with Crippen LogP contribution in [0.15, 0.2) is 12.7 Å². The van der Waals surface area contributed by atoms with Crippen LogP contribution in [0.5, 0.6) is 0 Å². The lowest BCUT2D eigenvalue weighted by Crippen LogP contribution is -2.17. The molecule has 2 unspecified atom stereocenters. The van der Waals surface area contributed by atoms with Crippen LogP contribution in [-0.2, 0) is 20.6 Å². The zero-order chi connectivity index (χ0) is 14.5. The first-order valence-corrected chi connectivity index (χ1v) is 7.06. The summed E-state index contributed by atoms with van der Waals surface area (Å²) in [4.78, 5) is 20.7. The van der Waals surface area contributed by atoms with Gasteiger partial charge in [0, 0.05) is 4.57 Å². The van der Waals surface area contributed by atoms with Crippen molar-refractivity contribution in [2.75, 3.05) is 12.3 Å².